The zero-order valence-corrected chi connectivity index (χ0v) is 5.35. The van der Waals surface area contributed by atoms with Crippen LogP contribution in [0.1, 0.15) is 0 Å². The first-order valence-electron chi connectivity index (χ1n) is 1.67. The second-order valence-corrected chi connectivity index (χ2v) is 2.51. The van der Waals surface area contributed by atoms with Crippen LogP contribution in [-0.2, 0) is 0 Å². The molecule has 0 spiro atoms. The highest BCUT2D eigenvalue weighted by atomic mass is 35.5. The Morgan fingerprint density at radius 1 is 1.22 bits per heavy atom. The van der Waals surface area contributed by atoms with E-state index in [1.165, 1.54) is 0 Å². The zero-order chi connectivity index (χ0) is 7.71. The molecule has 52 valence electrons. The lowest BCUT2D eigenvalue weighted by Gasteiger charge is -2.13. The SMILES string of the molecule is N#CC(Cl)(Cl)C(F)(F)F. The summed E-state index contributed by atoms with van der Waals surface area (Å²) in [4.78, 5) is 0. The zero-order valence-electron chi connectivity index (χ0n) is 3.84. The van der Waals surface area contributed by atoms with Gasteiger partial charge in [0.15, 0.2) is 0 Å². The van der Waals surface area contributed by atoms with Crippen molar-refractivity contribution < 1.29 is 13.2 Å². The van der Waals surface area contributed by atoms with E-state index in [1.807, 2.05) is 0 Å². The predicted molar refractivity (Wildman–Crippen MR) is 26.1 cm³/mol. The lowest BCUT2D eigenvalue weighted by Crippen LogP contribution is -2.31. The Hall–Kier alpha value is -0.140. The summed E-state index contributed by atoms with van der Waals surface area (Å²) >= 11 is 8.95. The third kappa shape index (κ3) is 1.92. The van der Waals surface area contributed by atoms with E-state index in [4.69, 9.17) is 5.26 Å². The minimum Gasteiger partial charge on any atom is -0.195 e. The second-order valence-electron chi connectivity index (χ2n) is 1.18. The van der Waals surface area contributed by atoms with E-state index in [-0.39, 0.29) is 0 Å². The van der Waals surface area contributed by atoms with Crippen LogP contribution in [0, 0.1) is 11.3 Å². The molecule has 0 aliphatic heterocycles. The molecule has 0 aliphatic rings. The van der Waals surface area contributed by atoms with E-state index in [0.717, 1.165) is 0 Å². The smallest absolute Gasteiger partial charge is 0.195 e. The lowest BCUT2D eigenvalue weighted by molar-refractivity contribution is -0.129. The largest absolute Gasteiger partial charge is 0.435 e. The molecule has 1 nitrogen and oxygen atoms in total. The van der Waals surface area contributed by atoms with Crippen LogP contribution in [0.5, 0.6) is 0 Å². The van der Waals surface area contributed by atoms with Crippen molar-refractivity contribution in [3.8, 4) is 6.07 Å². The average Bonchev–Trinajstić information content (AvgIpc) is 1.64. The van der Waals surface area contributed by atoms with E-state index in [2.05, 4.69) is 23.2 Å². The molecule has 0 aromatic heterocycles. The highest BCUT2D eigenvalue weighted by Gasteiger charge is 2.53. The summed E-state index contributed by atoms with van der Waals surface area (Å²) < 4.78 is 30.8. The van der Waals surface area contributed by atoms with Crippen LogP contribution in [-0.4, -0.2) is 10.5 Å². The first kappa shape index (κ1) is 8.86. The number of nitriles is 1. The molecule has 0 atom stereocenters. The van der Waals surface area contributed by atoms with Crippen LogP contribution >= 0.6 is 23.2 Å². The van der Waals surface area contributed by atoms with Gasteiger partial charge in [0.05, 0.1) is 0 Å². The quantitative estimate of drug-likeness (QED) is 0.521. The Balaban J connectivity index is 4.39. The van der Waals surface area contributed by atoms with Crippen molar-refractivity contribution in [3.63, 3.8) is 0 Å². The van der Waals surface area contributed by atoms with Crippen molar-refractivity contribution in [2.45, 2.75) is 10.5 Å². The van der Waals surface area contributed by atoms with Gasteiger partial charge in [0, 0.05) is 0 Å². The Morgan fingerprint density at radius 2 is 1.56 bits per heavy atom. The van der Waals surface area contributed by atoms with E-state index in [9.17, 15) is 13.2 Å². The minimum absolute atomic E-state index is 0.687. The third-order valence-corrected chi connectivity index (χ3v) is 1.09. The molecule has 0 aromatic carbocycles. The van der Waals surface area contributed by atoms with Crippen LogP contribution in [0.4, 0.5) is 13.2 Å². The highest BCUT2D eigenvalue weighted by molar-refractivity contribution is 6.51. The topological polar surface area (TPSA) is 23.8 Å². The van der Waals surface area contributed by atoms with Gasteiger partial charge in [-0.25, -0.2) is 0 Å². The van der Waals surface area contributed by atoms with Gasteiger partial charge in [0.1, 0.15) is 6.07 Å². The highest BCUT2D eigenvalue weighted by Crippen LogP contribution is 2.38. The van der Waals surface area contributed by atoms with Crippen molar-refractivity contribution >= 4 is 23.2 Å². The molecule has 0 radical (unpaired) electrons. The molecular formula is C3Cl2F3N. The number of hydrogen-bond donors (Lipinski definition) is 0. The van der Waals surface area contributed by atoms with Gasteiger partial charge in [-0.1, -0.05) is 23.2 Å². The number of hydrogen-bond acceptors (Lipinski definition) is 1. The van der Waals surface area contributed by atoms with E-state index < -0.39 is 10.5 Å². The maximum absolute atomic E-state index is 11.3. The number of nitrogens with zero attached hydrogens (tertiary/aromatic N) is 1. The lowest BCUT2D eigenvalue weighted by atomic mass is 10.4. The van der Waals surface area contributed by atoms with Crippen molar-refractivity contribution in [1.82, 2.24) is 0 Å². The van der Waals surface area contributed by atoms with E-state index in [0.29, 0.717) is 6.07 Å². The molecule has 0 unspecified atom stereocenters. The molecule has 0 saturated carbocycles. The number of alkyl halides is 5. The first-order chi connectivity index (χ1) is 3.81. The van der Waals surface area contributed by atoms with Crippen LogP contribution < -0.4 is 0 Å². The Labute approximate surface area is 59.0 Å². The van der Waals surface area contributed by atoms with Crippen LogP contribution in [0.2, 0.25) is 0 Å². The molecule has 0 rings (SSSR count). The van der Waals surface area contributed by atoms with Gasteiger partial charge >= 0.3 is 6.18 Å². The number of rotatable bonds is 0. The maximum Gasteiger partial charge on any atom is 0.435 e. The summed E-state index contributed by atoms with van der Waals surface area (Å²) in [7, 11) is 0. The molecule has 0 fully saturated rings. The molecule has 0 amide bonds. The third-order valence-electron chi connectivity index (χ3n) is 0.496. The van der Waals surface area contributed by atoms with E-state index >= 15 is 0 Å². The predicted octanol–water partition coefficient (Wildman–Crippen LogP) is 2.25. The summed E-state index contributed by atoms with van der Waals surface area (Å²) in [6, 6.07) is 0.687. The fourth-order valence-corrected chi connectivity index (χ4v) is 0.0634. The number of halogens is 5. The normalized spacial score (nSPS) is 12.9. The van der Waals surface area contributed by atoms with Gasteiger partial charge in [-0.15, -0.1) is 0 Å². The summed E-state index contributed by atoms with van der Waals surface area (Å²) in [5, 5.41) is 7.70. The molecule has 0 heterocycles. The van der Waals surface area contributed by atoms with Crippen LogP contribution in [0.15, 0.2) is 0 Å². The van der Waals surface area contributed by atoms with Gasteiger partial charge < -0.3 is 0 Å². The molecule has 0 saturated heterocycles. The first-order valence-corrected chi connectivity index (χ1v) is 2.42. The fourth-order valence-electron chi connectivity index (χ4n) is 0.0634. The molecule has 0 N–H and O–H groups in total. The minimum atomic E-state index is -4.88. The maximum atomic E-state index is 11.3. The molecule has 6 heteroatoms. The van der Waals surface area contributed by atoms with Gasteiger partial charge in [-0.3, -0.25) is 0 Å². The molecule has 0 bridgehead atoms. The van der Waals surface area contributed by atoms with Gasteiger partial charge in [-0.2, -0.15) is 18.4 Å². The van der Waals surface area contributed by atoms with Gasteiger partial charge in [0.25, 0.3) is 4.33 Å². The Bertz CT molecular complexity index is 144. The van der Waals surface area contributed by atoms with Gasteiger partial charge in [0.2, 0.25) is 0 Å². The van der Waals surface area contributed by atoms with Crippen molar-refractivity contribution in [2.24, 2.45) is 0 Å². The van der Waals surface area contributed by atoms with E-state index in [1.54, 1.807) is 0 Å². The van der Waals surface area contributed by atoms with Crippen LogP contribution in [0.25, 0.3) is 0 Å². The molecule has 0 aliphatic carbocycles. The van der Waals surface area contributed by atoms with Crippen LogP contribution in [0.3, 0.4) is 0 Å². The second kappa shape index (κ2) is 2.24. The molecular weight excluding hydrogens is 178 g/mol. The summed E-state index contributed by atoms with van der Waals surface area (Å²) in [5.74, 6) is 0. The summed E-state index contributed by atoms with van der Waals surface area (Å²) in [6.45, 7) is 0. The molecule has 0 aromatic rings. The van der Waals surface area contributed by atoms with Gasteiger partial charge in [-0.05, 0) is 0 Å². The molecule has 9 heavy (non-hydrogen) atoms. The van der Waals surface area contributed by atoms with Crippen molar-refractivity contribution in [1.29, 1.82) is 5.26 Å². The Kier molecular flexibility index (Phi) is 2.20. The standard InChI is InChI=1S/C3Cl2F3N/c4-2(5,1-9)3(6,7)8. The fraction of sp³-hybridized carbons (Fsp3) is 0.667. The average molecular weight is 178 g/mol. The summed E-state index contributed by atoms with van der Waals surface area (Å²) in [5.41, 5.74) is 0. The summed E-state index contributed by atoms with van der Waals surface area (Å²) in [6.07, 6.45) is -4.88. The van der Waals surface area contributed by atoms with Crippen molar-refractivity contribution in [2.75, 3.05) is 0 Å². The monoisotopic (exact) mass is 177 g/mol. The van der Waals surface area contributed by atoms with Crippen molar-refractivity contribution in [3.05, 3.63) is 0 Å². The Morgan fingerprint density at radius 3 is 1.56 bits per heavy atom.